The molecule has 0 aliphatic carbocycles. The minimum atomic E-state index is -0.0357. The summed E-state index contributed by atoms with van der Waals surface area (Å²) in [6.07, 6.45) is 4.88. The second kappa shape index (κ2) is 11.5. The summed E-state index contributed by atoms with van der Waals surface area (Å²) in [6.45, 7) is 7.58. The number of carbonyl (C=O) groups excluding carboxylic acids is 1. The summed E-state index contributed by atoms with van der Waals surface area (Å²) in [5.41, 5.74) is 1.74. The molecule has 0 bridgehead atoms. The first-order chi connectivity index (χ1) is 11.6. The van der Waals surface area contributed by atoms with Crippen LogP contribution < -0.4 is 16.0 Å². The molecule has 0 aromatic heterocycles. The Morgan fingerprint density at radius 3 is 2.67 bits per heavy atom. The molecule has 24 heavy (non-hydrogen) atoms. The van der Waals surface area contributed by atoms with Gasteiger partial charge in [0.15, 0.2) is 5.96 Å². The lowest BCUT2D eigenvalue weighted by atomic mass is 10.1. The molecule has 0 aliphatic heterocycles. The number of nitrogens with zero attached hydrogens (tertiary/aromatic N) is 1. The number of nitrogens with one attached hydrogen (secondary N) is 3. The molecule has 5 heteroatoms. The van der Waals surface area contributed by atoms with Crippen molar-refractivity contribution in [2.24, 2.45) is 4.99 Å². The molecule has 0 radical (unpaired) electrons. The standard InChI is InChI=1S/C19H32N4O/c1-5-7-8-10-15(3)23-19(20-4)22-14-16-11-9-12-17(13-16)18(24)21-6-2/h9,11-13,15H,5-8,10,14H2,1-4H3,(H,21,24)(H2,20,22,23). The smallest absolute Gasteiger partial charge is 0.251 e. The molecule has 1 amide bonds. The predicted octanol–water partition coefficient (Wildman–Crippen LogP) is 3.07. The summed E-state index contributed by atoms with van der Waals surface area (Å²) in [7, 11) is 1.78. The highest BCUT2D eigenvalue weighted by atomic mass is 16.1. The number of hydrogen-bond donors (Lipinski definition) is 3. The lowest BCUT2D eigenvalue weighted by Crippen LogP contribution is -2.41. The summed E-state index contributed by atoms with van der Waals surface area (Å²) >= 11 is 0. The van der Waals surface area contributed by atoms with Gasteiger partial charge in [-0.2, -0.15) is 0 Å². The van der Waals surface area contributed by atoms with Crippen LogP contribution in [0.4, 0.5) is 0 Å². The molecule has 0 saturated carbocycles. The van der Waals surface area contributed by atoms with Crippen molar-refractivity contribution in [3.63, 3.8) is 0 Å². The molecule has 1 unspecified atom stereocenters. The van der Waals surface area contributed by atoms with Crippen LogP contribution in [0, 0.1) is 0 Å². The van der Waals surface area contributed by atoms with Gasteiger partial charge >= 0.3 is 0 Å². The summed E-state index contributed by atoms with van der Waals surface area (Å²) in [4.78, 5) is 16.2. The number of amides is 1. The lowest BCUT2D eigenvalue weighted by molar-refractivity contribution is 0.0955. The monoisotopic (exact) mass is 332 g/mol. The number of guanidine groups is 1. The number of benzene rings is 1. The van der Waals surface area contributed by atoms with Crippen LogP contribution in [0.15, 0.2) is 29.3 Å². The predicted molar refractivity (Wildman–Crippen MR) is 101 cm³/mol. The quantitative estimate of drug-likeness (QED) is 0.370. The summed E-state index contributed by atoms with van der Waals surface area (Å²) in [5, 5.41) is 9.55. The number of rotatable bonds is 9. The van der Waals surface area contributed by atoms with E-state index in [0.717, 1.165) is 17.9 Å². The van der Waals surface area contributed by atoms with E-state index >= 15 is 0 Å². The molecule has 3 N–H and O–H groups in total. The molecule has 0 spiro atoms. The summed E-state index contributed by atoms with van der Waals surface area (Å²) in [5.74, 6) is 0.758. The largest absolute Gasteiger partial charge is 0.354 e. The Kier molecular flexibility index (Phi) is 9.58. The molecule has 1 atom stereocenters. The molecular formula is C19H32N4O. The van der Waals surface area contributed by atoms with Crippen LogP contribution in [0.1, 0.15) is 62.4 Å². The fraction of sp³-hybridized carbons (Fsp3) is 0.579. The third-order valence-electron chi connectivity index (χ3n) is 3.83. The van der Waals surface area contributed by atoms with Crippen LogP contribution in [0.3, 0.4) is 0 Å². The SMILES string of the molecule is CCCCCC(C)NC(=NC)NCc1cccc(C(=O)NCC)c1. The molecule has 5 nitrogen and oxygen atoms in total. The Morgan fingerprint density at radius 2 is 2.00 bits per heavy atom. The van der Waals surface area contributed by atoms with E-state index in [9.17, 15) is 4.79 Å². The third kappa shape index (κ3) is 7.49. The zero-order chi connectivity index (χ0) is 17.8. The second-order valence-electron chi connectivity index (χ2n) is 6.03. The zero-order valence-electron chi connectivity index (χ0n) is 15.5. The van der Waals surface area contributed by atoms with E-state index in [-0.39, 0.29) is 5.91 Å². The highest BCUT2D eigenvalue weighted by molar-refractivity contribution is 5.94. The van der Waals surface area contributed by atoms with Gasteiger partial charge in [-0.1, -0.05) is 38.3 Å². The van der Waals surface area contributed by atoms with Crippen molar-refractivity contribution in [2.45, 2.75) is 59.0 Å². The zero-order valence-corrected chi connectivity index (χ0v) is 15.5. The van der Waals surface area contributed by atoms with Gasteiger partial charge in [0.2, 0.25) is 0 Å². The molecule has 134 valence electrons. The van der Waals surface area contributed by atoms with Gasteiger partial charge in [-0.3, -0.25) is 9.79 Å². The van der Waals surface area contributed by atoms with E-state index in [1.54, 1.807) is 7.05 Å². The Morgan fingerprint density at radius 1 is 1.21 bits per heavy atom. The molecular weight excluding hydrogens is 300 g/mol. The van der Waals surface area contributed by atoms with E-state index in [2.05, 4.69) is 34.8 Å². The highest BCUT2D eigenvalue weighted by Gasteiger charge is 2.07. The first-order valence-electron chi connectivity index (χ1n) is 8.95. The van der Waals surface area contributed by atoms with Crippen LogP contribution >= 0.6 is 0 Å². The Hall–Kier alpha value is -2.04. The van der Waals surface area contributed by atoms with E-state index in [4.69, 9.17) is 0 Å². The van der Waals surface area contributed by atoms with Crippen LogP contribution in [-0.2, 0) is 6.54 Å². The van der Waals surface area contributed by atoms with Crippen molar-refractivity contribution in [1.29, 1.82) is 0 Å². The van der Waals surface area contributed by atoms with Crippen LogP contribution in [0.2, 0.25) is 0 Å². The lowest BCUT2D eigenvalue weighted by Gasteiger charge is -2.18. The van der Waals surface area contributed by atoms with Crippen molar-refractivity contribution in [3.8, 4) is 0 Å². The van der Waals surface area contributed by atoms with E-state index in [1.165, 1.54) is 19.3 Å². The van der Waals surface area contributed by atoms with Gasteiger partial charge < -0.3 is 16.0 Å². The van der Waals surface area contributed by atoms with Gasteiger partial charge in [-0.25, -0.2) is 0 Å². The van der Waals surface area contributed by atoms with Crippen molar-refractivity contribution in [1.82, 2.24) is 16.0 Å². The molecule has 0 aliphatic rings. The topological polar surface area (TPSA) is 65.5 Å². The number of aliphatic imine (C=N–C) groups is 1. The van der Waals surface area contributed by atoms with E-state index < -0.39 is 0 Å². The van der Waals surface area contributed by atoms with E-state index in [1.807, 2.05) is 31.2 Å². The third-order valence-corrected chi connectivity index (χ3v) is 3.83. The van der Waals surface area contributed by atoms with Crippen molar-refractivity contribution in [3.05, 3.63) is 35.4 Å². The Labute approximate surface area is 146 Å². The fourth-order valence-electron chi connectivity index (χ4n) is 2.47. The van der Waals surface area contributed by atoms with Crippen molar-refractivity contribution < 1.29 is 4.79 Å². The van der Waals surface area contributed by atoms with Gasteiger partial charge in [-0.15, -0.1) is 0 Å². The first kappa shape index (κ1) is 20.0. The van der Waals surface area contributed by atoms with Gasteiger partial charge in [0.1, 0.15) is 0 Å². The maximum absolute atomic E-state index is 11.9. The number of carbonyl (C=O) groups is 1. The van der Waals surface area contributed by atoms with E-state index in [0.29, 0.717) is 24.7 Å². The number of hydrogen-bond acceptors (Lipinski definition) is 2. The van der Waals surface area contributed by atoms with Crippen LogP contribution in [0.25, 0.3) is 0 Å². The fourth-order valence-corrected chi connectivity index (χ4v) is 2.47. The average Bonchev–Trinajstić information content (AvgIpc) is 2.59. The molecule has 1 aromatic carbocycles. The second-order valence-corrected chi connectivity index (χ2v) is 6.03. The minimum absolute atomic E-state index is 0.0357. The average molecular weight is 332 g/mol. The molecule has 0 fully saturated rings. The Balaban J connectivity index is 2.51. The van der Waals surface area contributed by atoms with Crippen molar-refractivity contribution in [2.75, 3.05) is 13.6 Å². The summed E-state index contributed by atoms with van der Waals surface area (Å²) in [6, 6.07) is 8.05. The van der Waals surface area contributed by atoms with Crippen LogP contribution in [0.5, 0.6) is 0 Å². The highest BCUT2D eigenvalue weighted by Crippen LogP contribution is 2.06. The van der Waals surface area contributed by atoms with Crippen LogP contribution in [-0.4, -0.2) is 31.5 Å². The summed E-state index contributed by atoms with van der Waals surface area (Å²) < 4.78 is 0. The van der Waals surface area contributed by atoms with Gasteiger partial charge in [0.05, 0.1) is 0 Å². The first-order valence-corrected chi connectivity index (χ1v) is 8.95. The number of unbranched alkanes of at least 4 members (excludes halogenated alkanes) is 2. The molecule has 1 rings (SSSR count). The normalized spacial score (nSPS) is 12.6. The van der Waals surface area contributed by atoms with Gasteiger partial charge in [-0.05, 0) is 38.0 Å². The molecule has 0 saturated heterocycles. The van der Waals surface area contributed by atoms with Crippen molar-refractivity contribution >= 4 is 11.9 Å². The van der Waals surface area contributed by atoms with Gasteiger partial charge in [0.25, 0.3) is 5.91 Å². The molecule has 1 aromatic rings. The minimum Gasteiger partial charge on any atom is -0.354 e. The van der Waals surface area contributed by atoms with Gasteiger partial charge in [0, 0.05) is 31.7 Å². The maximum Gasteiger partial charge on any atom is 0.251 e. The Bertz CT molecular complexity index is 528. The maximum atomic E-state index is 11.9. The molecule has 0 heterocycles.